The third-order valence-corrected chi connectivity index (χ3v) is 6.50. The lowest BCUT2D eigenvalue weighted by molar-refractivity contribution is 0.717. The molecule has 0 atom stereocenters. The van der Waals surface area contributed by atoms with Gasteiger partial charge < -0.3 is 9.88 Å². The Kier molecular flexibility index (Phi) is 5.10. The van der Waals surface area contributed by atoms with Crippen LogP contribution in [0.3, 0.4) is 0 Å². The zero-order valence-corrected chi connectivity index (χ0v) is 19.0. The van der Waals surface area contributed by atoms with Crippen LogP contribution in [0.15, 0.2) is 46.2 Å². The third kappa shape index (κ3) is 3.51. The van der Waals surface area contributed by atoms with Crippen LogP contribution < -0.4 is 16.6 Å². The number of nitrogens with zero attached hydrogens (tertiary/aromatic N) is 5. The lowest BCUT2D eigenvalue weighted by Gasteiger charge is -2.09. The maximum atomic E-state index is 12.8. The first-order valence-electron chi connectivity index (χ1n) is 10.1. The minimum absolute atomic E-state index is 0.378. The molecule has 9 nitrogen and oxygen atoms in total. The highest BCUT2D eigenvalue weighted by molar-refractivity contribution is 7.20. The Hall–Kier alpha value is -3.37. The van der Waals surface area contributed by atoms with Crippen LogP contribution in [0, 0.1) is 0 Å². The van der Waals surface area contributed by atoms with Gasteiger partial charge in [0, 0.05) is 44.6 Å². The zero-order chi connectivity index (χ0) is 22.4. The number of H-pyrrole nitrogens is 1. The number of aromatic nitrogens is 6. The number of thiazole rings is 1. The first kappa shape index (κ1) is 20.5. The molecule has 0 amide bonds. The van der Waals surface area contributed by atoms with E-state index in [1.165, 1.54) is 15.9 Å². The van der Waals surface area contributed by atoms with E-state index in [2.05, 4.69) is 15.3 Å². The van der Waals surface area contributed by atoms with Gasteiger partial charge in [0.1, 0.15) is 10.2 Å². The molecule has 0 unspecified atom stereocenters. The lowest BCUT2D eigenvalue weighted by atomic mass is 10.2. The number of anilines is 1. The van der Waals surface area contributed by atoms with E-state index in [0.717, 1.165) is 21.9 Å². The van der Waals surface area contributed by atoms with Crippen molar-refractivity contribution in [1.29, 1.82) is 0 Å². The molecule has 164 valence electrons. The van der Waals surface area contributed by atoms with Gasteiger partial charge >= 0.3 is 5.69 Å². The molecule has 4 aromatic heterocycles. The van der Waals surface area contributed by atoms with Gasteiger partial charge in [0.25, 0.3) is 5.56 Å². The Morgan fingerprint density at radius 3 is 2.59 bits per heavy atom. The number of aromatic amines is 1. The van der Waals surface area contributed by atoms with Crippen molar-refractivity contribution in [1.82, 2.24) is 28.5 Å². The van der Waals surface area contributed by atoms with E-state index < -0.39 is 11.2 Å². The van der Waals surface area contributed by atoms with Crippen molar-refractivity contribution in [3.63, 3.8) is 0 Å². The quantitative estimate of drug-likeness (QED) is 0.398. The molecule has 2 N–H and O–H groups in total. The van der Waals surface area contributed by atoms with Gasteiger partial charge in [-0.3, -0.25) is 18.7 Å². The molecular weight excluding hydrogens is 450 g/mol. The predicted molar refractivity (Wildman–Crippen MR) is 126 cm³/mol. The fraction of sp³-hybridized carbons (Fsp3) is 0.238. The third-order valence-electron chi connectivity index (χ3n) is 5.38. The highest BCUT2D eigenvalue weighted by Crippen LogP contribution is 2.24. The number of halogens is 1. The molecule has 4 heterocycles. The molecule has 0 spiro atoms. The number of imidazole rings is 2. The van der Waals surface area contributed by atoms with Crippen molar-refractivity contribution in [2.45, 2.75) is 26.4 Å². The Morgan fingerprint density at radius 2 is 1.91 bits per heavy atom. The molecule has 1 aromatic carbocycles. The second kappa shape index (κ2) is 7.95. The Balaban J connectivity index is 1.66. The van der Waals surface area contributed by atoms with Gasteiger partial charge in [-0.2, -0.15) is 0 Å². The van der Waals surface area contributed by atoms with Crippen molar-refractivity contribution < 1.29 is 0 Å². The first-order chi connectivity index (χ1) is 15.5. The van der Waals surface area contributed by atoms with Gasteiger partial charge in [0.05, 0.1) is 5.69 Å². The van der Waals surface area contributed by atoms with Crippen molar-refractivity contribution in [3.05, 3.63) is 78.9 Å². The Morgan fingerprint density at radius 1 is 1.12 bits per heavy atom. The molecule has 0 aliphatic rings. The van der Waals surface area contributed by atoms with Crippen LogP contribution in [0.4, 0.5) is 5.69 Å². The summed E-state index contributed by atoms with van der Waals surface area (Å²) < 4.78 is 5.89. The number of rotatable bonds is 6. The molecule has 0 aliphatic carbocycles. The number of benzene rings is 1. The number of fused-ring (bicyclic) bond motifs is 2. The van der Waals surface area contributed by atoms with Gasteiger partial charge in [0.2, 0.25) is 0 Å². The number of nitrogens with one attached hydrogen (secondary N) is 2. The van der Waals surface area contributed by atoms with E-state index in [1.54, 1.807) is 0 Å². The van der Waals surface area contributed by atoms with Crippen molar-refractivity contribution >= 4 is 44.7 Å². The molecule has 5 aromatic rings. The summed E-state index contributed by atoms with van der Waals surface area (Å²) in [5.41, 5.74) is 2.66. The summed E-state index contributed by atoms with van der Waals surface area (Å²) >= 11 is 7.45. The van der Waals surface area contributed by atoms with E-state index in [1.807, 2.05) is 59.6 Å². The van der Waals surface area contributed by atoms with E-state index >= 15 is 0 Å². The second-order valence-electron chi connectivity index (χ2n) is 7.37. The van der Waals surface area contributed by atoms with Crippen LogP contribution in [-0.4, -0.2) is 35.5 Å². The van der Waals surface area contributed by atoms with Crippen molar-refractivity contribution in [2.24, 2.45) is 0 Å². The highest BCUT2D eigenvalue weighted by Gasteiger charge is 2.20. The minimum Gasteiger partial charge on any atom is -0.388 e. The Bertz CT molecular complexity index is 1520. The summed E-state index contributed by atoms with van der Waals surface area (Å²) in [5, 5.41) is 3.10. The van der Waals surface area contributed by atoms with E-state index in [4.69, 9.17) is 16.6 Å². The van der Waals surface area contributed by atoms with E-state index in [-0.39, 0.29) is 0 Å². The summed E-state index contributed by atoms with van der Waals surface area (Å²) in [6.07, 6.45) is 4.12. The summed E-state index contributed by atoms with van der Waals surface area (Å²) in [6.45, 7) is 2.69. The molecule has 0 fully saturated rings. The van der Waals surface area contributed by atoms with Gasteiger partial charge in [-0.1, -0.05) is 35.1 Å². The van der Waals surface area contributed by atoms with Crippen LogP contribution in [-0.2, 0) is 19.5 Å². The molecule has 32 heavy (non-hydrogen) atoms. The zero-order valence-electron chi connectivity index (χ0n) is 17.4. The number of hydrogen-bond acceptors (Lipinski definition) is 6. The maximum Gasteiger partial charge on any atom is 0.330 e. The fourth-order valence-electron chi connectivity index (χ4n) is 3.84. The largest absolute Gasteiger partial charge is 0.388 e. The summed E-state index contributed by atoms with van der Waals surface area (Å²) in [7, 11) is 1.86. The smallest absolute Gasteiger partial charge is 0.330 e. The molecule has 0 saturated heterocycles. The summed E-state index contributed by atoms with van der Waals surface area (Å²) in [4.78, 5) is 37.7. The molecule has 11 heteroatoms. The number of hydrogen-bond donors (Lipinski definition) is 2. The Labute approximate surface area is 190 Å². The normalized spacial score (nSPS) is 11.6. The van der Waals surface area contributed by atoms with Crippen LogP contribution in [0.1, 0.15) is 24.0 Å². The van der Waals surface area contributed by atoms with Gasteiger partial charge in [-0.15, -0.1) is 0 Å². The van der Waals surface area contributed by atoms with Crippen LogP contribution in [0.2, 0.25) is 4.34 Å². The fourth-order valence-corrected chi connectivity index (χ4v) is 4.87. The lowest BCUT2D eigenvalue weighted by Crippen LogP contribution is -2.30. The van der Waals surface area contributed by atoms with Crippen molar-refractivity contribution in [3.8, 4) is 0 Å². The predicted octanol–water partition coefficient (Wildman–Crippen LogP) is 2.95. The molecular formula is C21H20ClN7O2S. The van der Waals surface area contributed by atoms with Gasteiger partial charge in [-0.25, -0.2) is 14.8 Å². The topological polar surface area (TPSA) is 102 Å². The summed E-state index contributed by atoms with van der Waals surface area (Å²) in [5.74, 6) is 0.660. The number of aryl methyl sites for hydroxylation is 1. The molecule has 0 saturated carbocycles. The standard InChI is InChI=1S/C21H20ClN7O2S/c1-3-28-18-17(19(30)26-20(28)31)29(9-12-4-6-13(23-2)7-5-12)16(25-18)8-14-10-27-11-15(22)32-21(27)24-14/h4-7,10-11,23H,3,8-9H2,1-2H3,(H,26,30,31). The molecule has 0 aliphatic heterocycles. The molecule has 0 radical (unpaired) electrons. The average Bonchev–Trinajstić information content (AvgIpc) is 3.40. The first-order valence-corrected chi connectivity index (χ1v) is 11.3. The second-order valence-corrected chi connectivity index (χ2v) is 9.01. The van der Waals surface area contributed by atoms with E-state index in [0.29, 0.717) is 40.8 Å². The van der Waals surface area contributed by atoms with Crippen molar-refractivity contribution in [2.75, 3.05) is 12.4 Å². The van der Waals surface area contributed by atoms with Crippen LogP contribution in [0.25, 0.3) is 16.1 Å². The highest BCUT2D eigenvalue weighted by atomic mass is 35.5. The van der Waals surface area contributed by atoms with Gasteiger partial charge in [0.15, 0.2) is 16.1 Å². The van der Waals surface area contributed by atoms with Crippen LogP contribution in [0.5, 0.6) is 0 Å². The minimum atomic E-state index is -0.461. The molecule has 0 bridgehead atoms. The summed E-state index contributed by atoms with van der Waals surface area (Å²) in [6, 6.07) is 7.96. The van der Waals surface area contributed by atoms with Crippen LogP contribution >= 0.6 is 22.9 Å². The van der Waals surface area contributed by atoms with Gasteiger partial charge in [-0.05, 0) is 24.6 Å². The average molecular weight is 470 g/mol. The monoisotopic (exact) mass is 469 g/mol. The maximum absolute atomic E-state index is 12.8. The molecule has 5 rings (SSSR count). The SMILES string of the molecule is CCn1c(=O)[nH]c(=O)c2c1nc(Cc1cn3cc(Cl)sc3n1)n2Cc1ccc(NC)cc1. The van der Waals surface area contributed by atoms with E-state index in [9.17, 15) is 9.59 Å².